The van der Waals surface area contributed by atoms with Crippen molar-refractivity contribution in [1.29, 1.82) is 0 Å². The number of ketones is 1. The maximum atomic E-state index is 13.5. The molecule has 2 aromatic carbocycles. The number of aromatic nitrogens is 4. The maximum Gasteiger partial charge on any atom is 0.355 e. The minimum atomic E-state index is -0.868. The molecule has 152 valence electrons. The number of tetrazole rings is 1. The van der Waals surface area contributed by atoms with Crippen LogP contribution in [0.4, 0.5) is 5.95 Å². The third-order valence-corrected chi connectivity index (χ3v) is 4.69. The number of nitrogens with zero attached hydrogens (tertiary/aromatic N) is 4. The van der Waals surface area contributed by atoms with Gasteiger partial charge in [0.25, 0.3) is 0 Å². The molecule has 10 heteroatoms. The van der Waals surface area contributed by atoms with Crippen LogP contribution in [-0.2, 0) is 9.53 Å². The van der Waals surface area contributed by atoms with Crippen LogP contribution in [-0.4, -0.2) is 51.3 Å². The van der Waals surface area contributed by atoms with Crippen LogP contribution in [0.2, 0.25) is 0 Å². The molecule has 10 nitrogen and oxygen atoms in total. The number of methoxy groups -OCH3 is 2. The Morgan fingerprint density at radius 3 is 2.57 bits per heavy atom. The number of fused-ring (bicyclic) bond motifs is 1. The van der Waals surface area contributed by atoms with Gasteiger partial charge in [0.15, 0.2) is 5.78 Å². The summed E-state index contributed by atoms with van der Waals surface area (Å²) in [7, 11) is 2.74. The number of phenolic OH excluding ortho intramolecular Hbond substituents is 1. The van der Waals surface area contributed by atoms with Gasteiger partial charge in [0.05, 0.1) is 19.8 Å². The molecule has 4 rings (SSSR count). The Morgan fingerprint density at radius 2 is 1.90 bits per heavy atom. The molecule has 0 amide bonds. The van der Waals surface area contributed by atoms with E-state index in [2.05, 4.69) is 20.8 Å². The van der Waals surface area contributed by atoms with E-state index in [4.69, 9.17) is 9.47 Å². The summed E-state index contributed by atoms with van der Waals surface area (Å²) < 4.78 is 11.4. The van der Waals surface area contributed by atoms with Crippen LogP contribution in [0.25, 0.3) is 0 Å². The number of ether oxygens (including phenoxy) is 2. The average molecular weight is 407 g/mol. The summed E-state index contributed by atoms with van der Waals surface area (Å²) in [5.41, 5.74) is 0.852. The maximum absolute atomic E-state index is 13.5. The molecule has 1 aliphatic heterocycles. The molecule has 0 fully saturated rings. The lowest BCUT2D eigenvalue weighted by molar-refractivity contribution is -0.136. The zero-order valence-electron chi connectivity index (χ0n) is 16.1. The molecule has 0 saturated heterocycles. The number of hydrogen-bond acceptors (Lipinski definition) is 9. The molecule has 1 aliphatic rings. The van der Waals surface area contributed by atoms with Gasteiger partial charge in [-0.15, -0.1) is 0 Å². The molecule has 0 saturated carbocycles. The highest BCUT2D eigenvalue weighted by molar-refractivity contribution is 6.15. The van der Waals surface area contributed by atoms with Gasteiger partial charge in [-0.25, -0.2) is 4.79 Å². The molecule has 0 unspecified atom stereocenters. The standard InChI is InChI=1S/C20H17N5O5/c1-29-14-8-6-11(7-9-14)18(27)15-16(19(28)30-2)21-20-22-23-24-25(20)17(15)12-4-3-5-13(26)10-12/h3-10,17,26H,1-2H3,(H,21,22,24)/t17-/m0/s1. The molecule has 2 heterocycles. The largest absolute Gasteiger partial charge is 0.508 e. The fraction of sp³-hybridized carbons (Fsp3) is 0.150. The topological polar surface area (TPSA) is 128 Å². The van der Waals surface area contributed by atoms with E-state index in [0.29, 0.717) is 16.9 Å². The first-order valence-electron chi connectivity index (χ1n) is 8.88. The predicted octanol–water partition coefficient (Wildman–Crippen LogP) is 1.71. The Labute approximate surface area is 170 Å². The van der Waals surface area contributed by atoms with Gasteiger partial charge in [0.2, 0.25) is 5.95 Å². The first-order chi connectivity index (χ1) is 14.5. The Morgan fingerprint density at radius 1 is 1.13 bits per heavy atom. The van der Waals surface area contributed by atoms with Gasteiger partial charge >= 0.3 is 5.97 Å². The van der Waals surface area contributed by atoms with Crippen LogP contribution in [0.3, 0.4) is 0 Å². The predicted molar refractivity (Wildman–Crippen MR) is 104 cm³/mol. The van der Waals surface area contributed by atoms with Crippen molar-refractivity contribution in [3.05, 3.63) is 70.9 Å². The highest BCUT2D eigenvalue weighted by atomic mass is 16.5. The minimum absolute atomic E-state index is 0.00322. The number of rotatable bonds is 5. The fourth-order valence-electron chi connectivity index (χ4n) is 3.29. The molecule has 1 aromatic heterocycles. The molecule has 30 heavy (non-hydrogen) atoms. The highest BCUT2D eigenvalue weighted by Gasteiger charge is 2.38. The molecular weight excluding hydrogens is 390 g/mol. The number of aromatic hydroxyl groups is 1. The normalized spacial score (nSPS) is 15.2. The van der Waals surface area contributed by atoms with E-state index in [1.807, 2.05) is 0 Å². The van der Waals surface area contributed by atoms with Gasteiger partial charge in [-0.3, -0.25) is 4.79 Å². The van der Waals surface area contributed by atoms with Crippen molar-refractivity contribution in [1.82, 2.24) is 20.2 Å². The number of phenols is 1. The third-order valence-electron chi connectivity index (χ3n) is 4.69. The Hall–Kier alpha value is -4.21. The molecule has 0 aliphatic carbocycles. The smallest absolute Gasteiger partial charge is 0.355 e. The quantitative estimate of drug-likeness (QED) is 0.480. The van der Waals surface area contributed by atoms with E-state index in [9.17, 15) is 14.7 Å². The van der Waals surface area contributed by atoms with Gasteiger partial charge in [-0.2, -0.15) is 4.68 Å². The van der Waals surface area contributed by atoms with Gasteiger partial charge in [-0.1, -0.05) is 17.2 Å². The van der Waals surface area contributed by atoms with Crippen LogP contribution in [0.15, 0.2) is 59.8 Å². The molecule has 0 bridgehead atoms. The Bertz CT molecular complexity index is 1150. The van der Waals surface area contributed by atoms with Crippen molar-refractivity contribution < 1.29 is 24.2 Å². The second-order valence-electron chi connectivity index (χ2n) is 6.41. The van der Waals surface area contributed by atoms with Crippen LogP contribution in [0.5, 0.6) is 11.5 Å². The van der Waals surface area contributed by atoms with Gasteiger partial charge < -0.3 is 19.9 Å². The number of hydrogen-bond donors (Lipinski definition) is 2. The lowest BCUT2D eigenvalue weighted by Gasteiger charge is -2.28. The monoisotopic (exact) mass is 407 g/mol. The van der Waals surface area contributed by atoms with Crippen molar-refractivity contribution in [2.75, 3.05) is 19.5 Å². The number of benzene rings is 2. The number of esters is 1. The molecule has 0 radical (unpaired) electrons. The summed E-state index contributed by atoms with van der Waals surface area (Å²) in [6, 6.07) is 11.9. The summed E-state index contributed by atoms with van der Waals surface area (Å²) >= 11 is 0. The van der Waals surface area contributed by atoms with Crippen LogP contribution >= 0.6 is 0 Å². The summed E-state index contributed by atoms with van der Waals surface area (Å²) in [4.78, 5) is 26.1. The third kappa shape index (κ3) is 3.24. The summed E-state index contributed by atoms with van der Waals surface area (Å²) in [5.74, 6) is -0.430. The van der Waals surface area contributed by atoms with Crippen molar-refractivity contribution in [2.24, 2.45) is 0 Å². The molecule has 0 spiro atoms. The molecule has 1 atom stereocenters. The lowest BCUT2D eigenvalue weighted by atomic mass is 9.89. The SMILES string of the molecule is COC(=O)C1=C(C(=O)c2ccc(OC)cc2)[C@H](c2cccc(O)c2)n2nnnc2N1. The second kappa shape index (κ2) is 7.66. The minimum Gasteiger partial charge on any atom is -0.508 e. The number of anilines is 1. The number of allylic oxidation sites excluding steroid dienone is 1. The number of nitrogens with one attached hydrogen (secondary N) is 1. The van der Waals surface area contributed by atoms with E-state index in [0.717, 1.165) is 0 Å². The van der Waals surface area contributed by atoms with E-state index in [1.54, 1.807) is 36.4 Å². The van der Waals surface area contributed by atoms with Gasteiger partial charge in [-0.05, 0) is 52.4 Å². The van der Waals surface area contributed by atoms with Gasteiger partial charge in [0, 0.05) is 5.56 Å². The van der Waals surface area contributed by atoms with Gasteiger partial charge in [0.1, 0.15) is 23.2 Å². The number of Topliss-reactive ketones (excluding diaryl/α,β-unsaturated/α-hetero) is 1. The average Bonchev–Trinajstić information content (AvgIpc) is 3.25. The molecular formula is C20H17N5O5. The lowest BCUT2D eigenvalue weighted by Crippen LogP contribution is -2.32. The van der Waals surface area contributed by atoms with Crippen LogP contribution in [0.1, 0.15) is 22.0 Å². The Balaban J connectivity index is 1.93. The summed E-state index contributed by atoms with van der Waals surface area (Å²) in [5, 5.41) is 24.3. The van der Waals surface area contributed by atoms with Crippen LogP contribution in [0, 0.1) is 0 Å². The van der Waals surface area contributed by atoms with Crippen molar-refractivity contribution in [3.63, 3.8) is 0 Å². The zero-order chi connectivity index (χ0) is 21.3. The van der Waals surface area contributed by atoms with Crippen molar-refractivity contribution in [3.8, 4) is 11.5 Å². The summed E-state index contributed by atoms with van der Waals surface area (Å²) in [6.45, 7) is 0. The van der Waals surface area contributed by atoms with Crippen LogP contribution < -0.4 is 10.1 Å². The Kier molecular flexibility index (Phi) is 4.88. The fourth-order valence-corrected chi connectivity index (χ4v) is 3.29. The van der Waals surface area contributed by atoms with E-state index >= 15 is 0 Å². The van der Waals surface area contributed by atoms with E-state index in [1.165, 1.54) is 31.0 Å². The molecule has 3 aromatic rings. The first kappa shape index (κ1) is 19.1. The van der Waals surface area contributed by atoms with E-state index in [-0.39, 0.29) is 23.0 Å². The van der Waals surface area contributed by atoms with Crippen molar-refractivity contribution in [2.45, 2.75) is 6.04 Å². The number of carbonyl (C=O) groups excluding carboxylic acids is 2. The first-order valence-corrected chi connectivity index (χ1v) is 8.88. The van der Waals surface area contributed by atoms with Crippen molar-refractivity contribution >= 4 is 17.7 Å². The zero-order valence-corrected chi connectivity index (χ0v) is 16.1. The highest BCUT2D eigenvalue weighted by Crippen LogP contribution is 2.37. The second-order valence-corrected chi connectivity index (χ2v) is 6.41. The number of carbonyl (C=O) groups is 2. The summed E-state index contributed by atoms with van der Waals surface area (Å²) in [6.07, 6.45) is 0. The van der Waals surface area contributed by atoms with E-state index < -0.39 is 17.8 Å². The molecule has 2 N–H and O–H groups in total.